The van der Waals surface area contributed by atoms with Gasteiger partial charge in [-0.2, -0.15) is 0 Å². The topological polar surface area (TPSA) is 78.7 Å². The van der Waals surface area contributed by atoms with Gasteiger partial charge in [0.2, 0.25) is 5.91 Å². The largest absolute Gasteiger partial charge is 0.336 e. The zero-order valence-electron chi connectivity index (χ0n) is 9.32. The Labute approximate surface area is 94.7 Å². The zero-order valence-corrected chi connectivity index (χ0v) is 9.32. The van der Waals surface area contributed by atoms with Crippen LogP contribution in [0.2, 0.25) is 0 Å². The van der Waals surface area contributed by atoms with Gasteiger partial charge in [0.25, 0.3) is 0 Å². The van der Waals surface area contributed by atoms with E-state index in [0.29, 0.717) is 32.2 Å². The second-order valence-corrected chi connectivity index (χ2v) is 4.28. The van der Waals surface area contributed by atoms with Crippen LogP contribution < -0.4 is 11.1 Å². The van der Waals surface area contributed by atoms with E-state index in [2.05, 4.69) is 10.2 Å². The molecule has 0 aromatic carbocycles. The molecule has 6 heteroatoms. The molecule has 0 radical (unpaired) electrons. The molecule has 1 atom stereocenters. The molecular weight excluding hydrogens is 208 g/mol. The third-order valence-electron chi connectivity index (χ3n) is 3.27. The maximum Gasteiger partial charge on any atom is 0.324 e. The minimum Gasteiger partial charge on any atom is -0.336 e. The van der Waals surface area contributed by atoms with Gasteiger partial charge in [0.15, 0.2) is 0 Å². The van der Waals surface area contributed by atoms with Crippen LogP contribution in [0.1, 0.15) is 12.8 Å². The van der Waals surface area contributed by atoms with Crippen LogP contribution in [0.3, 0.4) is 0 Å². The molecule has 2 aliphatic rings. The second kappa shape index (κ2) is 4.80. The lowest BCUT2D eigenvalue weighted by molar-refractivity contribution is -0.128. The Bertz CT molecular complexity index is 295. The summed E-state index contributed by atoms with van der Waals surface area (Å²) < 4.78 is 0. The lowest BCUT2D eigenvalue weighted by atomic mass is 10.2. The monoisotopic (exact) mass is 226 g/mol. The lowest BCUT2D eigenvalue weighted by Crippen LogP contribution is -2.45. The predicted molar refractivity (Wildman–Crippen MR) is 58.8 cm³/mol. The highest BCUT2D eigenvalue weighted by atomic mass is 16.2. The summed E-state index contributed by atoms with van der Waals surface area (Å²) in [4.78, 5) is 26.5. The highest BCUT2D eigenvalue weighted by Gasteiger charge is 2.30. The number of nitrogens with one attached hydrogen (secondary N) is 1. The van der Waals surface area contributed by atoms with E-state index in [1.807, 2.05) is 0 Å². The third kappa shape index (κ3) is 2.17. The fourth-order valence-corrected chi connectivity index (χ4v) is 2.34. The van der Waals surface area contributed by atoms with Crippen molar-refractivity contribution in [3.05, 3.63) is 0 Å². The molecule has 2 saturated heterocycles. The number of hydrogen-bond donors (Lipinski definition) is 2. The number of rotatable bonds is 3. The predicted octanol–water partition coefficient (Wildman–Crippen LogP) is -1.04. The molecule has 0 spiro atoms. The molecule has 0 bridgehead atoms. The zero-order chi connectivity index (χ0) is 11.5. The molecule has 0 saturated carbocycles. The lowest BCUT2D eigenvalue weighted by Gasteiger charge is -2.24. The first kappa shape index (κ1) is 11.3. The van der Waals surface area contributed by atoms with Crippen molar-refractivity contribution in [2.75, 3.05) is 32.7 Å². The summed E-state index contributed by atoms with van der Waals surface area (Å²) in [5.41, 5.74) is 5.63. The minimum absolute atomic E-state index is 0.115. The van der Waals surface area contributed by atoms with Crippen molar-refractivity contribution in [3.63, 3.8) is 0 Å². The molecule has 2 fully saturated rings. The summed E-state index contributed by atoms with van der Waals surface area (Å²) >= 11 is 0. The normalized spacial score (nSPS) is 26.2. The van der Waals surface area contributed by atoms with E-state index in [9.17, 15) is 9.59 Å². The molecule has 2 heterocycles. The Kier molecular flexibility index (Phi) is 3.40. The fourth-order valence-electron chi connectivity index (χ4n) is 2.34. The maximum atomic E-state index is 11.9. The highest BCUT2D eigenvalue weighted by Crippen LogP contribution is 2.16. The van der Waals surface area contributed by atoms with Gasteiger partial charge < -0.3 is 11.1 Å². The molecule has 1 unspecified atom stereocenters. The number of carbonyl (C=O) groups is 2. The first-order chi connectivity index (χ1) is 7.72. The molecule has 3 N–H and O–H groups in total. The molecule has 2 rings (SSSR count). The molecule has 16 heavy (non-hydrogen) atoms. The van der Waals surface area contributed by atoms with Gasteiger partial charge in [0.05, 0.1) is 6.54 Å². The van der Waals surface area contributed by atoms with Gasteiger partial charge in [-0.15, -0.1) is 0 Å². The van der Waals surface area contributed by atoms with Crippen molar-refractivity contribution < 1.29 is 9.59 Å². The highest BCUT2D eigenvalue weighted by molar-refractivity contribution is 5.96. The van der Waals surface area contributed by atoms with Crippen LogP contribution >= 0.6 is 0 Å². The number of imide groups is 1. The standard InChI is InChI=1S/C10H18N4O2/c11-6-8-2-1-4-13(8)7-9(15)14-5-3-12-10(14)16/h8H,1-7,11H2,(H,12,16). The number of urea groups is 1. The maximum absolute atomic E-state index is 11.9. The molecule has 3 amide bonds. The van der Waals surface area contributed by atoms with Crippen LogP contribution in [0.5, 0.6) is 0 Å². The fraction of sp³-hybridized carbons (Fsp3) is 0.800. The van der Waals surface area contributed by atoms with Crippen LogP contribution in [0.15, 0.2) is 0 Å². The van der Waals surface area contributed by atoms with E-state index in [1.165, 1.54) is 4.90 Å². The van der Waals surface area contributed by atoms with E-state index in [0.717, 1.165) is 19.4 Å². The van der Waals surface area contributed by atoms with Crippen molar-refractivity contribution in [1.29, 1.82) is 0 Å². The van der Waals surface area contributed by atoms with Crippen LogP contribution in [0.4, 0.5) is 4.79 Å². The van der Waals surface area contributed by atoms with Crippen LogP contribution in [-0.2, 0) is 4.79 Å². The van der Waals surface area contributed by atoms with Crippen LogP contribution in [0.25, 0.3) is 0 Å². The van der Waals surface area contributed by atoms with Gasteiger partial charge in [-0.25, -0.2) is 4.79 Å². The first-order valence-electron chi connectivity index (χ1n) is 5.74. The smallest absolute Gasteiger partial charge is 0.324 e. The van der Waals surface area contributed by atoms with Gasteiger partial charge in [-0.1, -0.05) is 0 Å². The van der Waals surface area contributed by atoms with Crippen molar-refractivity contribution in [3.8, 4) is 0 Å². The molecular formula is C10H18N4O2. The average Bonchev–Trinajstić information content (AvgIpc) is 2.86. The molecule has 2 aliphatic heterocycles. The number of hydrogen-bond acceptors (Lipinski definition) is 4. The second-order valence-electron chi connectivity index (χ2n) is 4.28. The number of carbonyl (C=O) groups excluding carboxylic acids is 2. The van der Waals surface area contributed by atoms with Gasteiger partial charge in [0.1, 0.15) is 0 Å². The van der Waals surface area contributed by atoms with E-state index in [-0.39, 0.29) is 11.9 Å². The van der Waals surface area contributed by atoms with Gasteiger partial charge in [-0.05, 0) is 19.4 Å². The van der Waals surface area contributed by atoms with E-state index in [4.69, 9.17) is 5.73 Å². The van der Waals surface area contributed by atoms with Crippen molar-refractivity contribution >= 4 is 11.9 Å². The molecule has 0 aromatic rings. The Morgan fingerprint density at radius 2 is 2.31 bits per heavy atom. The van der Waals surface area contributed by atoms with Gasteiger partial charge in [-0.3, -0.25) is 14.6 Å². The SMILES string of the molecule is NCC1CCCN1CC(=O)N1CCNC1=O. The summed E-state index contributed by atoms with van der Waals surface area (Å²) in [6.07, 6.45) is 2.14. The molecule has 0 aliphatic carbocycles. The Morgan fingerprint density at radius 3 is 2.94 bits per heavy atom. The quantitative estimate of drug-likeness (QED) is 0.644. The minimum atomic E-state index is -0.270. The molecule has 0 aromatic heterocycles. The van der Waals surface area contributed by atoms with Gasteiger partial charge in [0, 0.05) is 25.7 Å². The first-order valence-corrected chi connectivity index (χ1v) is 5.74. The number of amides is 3. The molecule has 90 valence electrons. The summed E-state index contributed by atoms with van der Waals surface area (Å²) in [7, 11) is 0. The number of nitrogens with zero attached hydrogens (tertiary/aromatic N) is 2. The summed E-state index contributed by atoms with van der Waals surface area (Å²) in [5, 5.41) is 2.62. The Hall–Kier alpha value is -1.14. The van der Waals surface area contributed by atoms with E-state index >= 15 is 0 Å². The van der Waals surface area contributed by atoms with Crippen molar-refractivity contribution in [1.82, 2.24) is 15.1 Å². The number of nitrogens with two attached hydrogens (primary N) is 1. The van der Waals surface area contributed by atoms with Crippen molar-refractivity contribution in [2.45, 2.75) is 18.9 Å². The third-order valence-corrected chi connectivity index (χ3v) is 3.27. The number of likely N-dealkylation sites (tertiary alicyclic amines) is 1. The summed E-state index contributed by atoms with van der Waals surface area (Å²) in [6.45, 7) is 2.85. The average molecular weight is 226 g/mol. The van der Waals surface area contributed by atoms with E-state index < -0.39 is 0 Å². The Balaban J connectivity index is 1.89. The van der Waals surface area contributed by atoms with Gasteiger partial charge >= 0.3 is 6.03 Å². The summed E-state index contributed by atoms with van der Waals surface area (Å²) in [5.74, 6) is -0.115. The van der Waals surface area contributed by atoms with Crippen LogP contribution in [-0.4, -0.2) is 60.5 Å². The molecule has 6 nitrogen and oxygen atoms in total. The van der Waals surface area contributed by atoms with E-state index in [1.54, 1.807) is 0 Å². The summed E-state index contributed by atoms with van der Waals surface area (Å²) in [6, 6.07) is 0.0307. The van der Waals surface area contributed by atoms with Crippen LogP contribution in [0, 0.1) is 0 Å². The van der Waals surface area contributed by atoms with Crippen molar-refractivity contribution in [2.24, 2.45) is 5.73 Å². The Morgan fingerprint density at radius 1 is 1.50 bits per heavy atom.